The van der Waals surface area contributed by atoms with Crippen molar-refractivity contribution in [2.24, 2.45) is 5.41 Å². The summed E-state index contributed by atoms with van der Waals surface area (Å²) in [4.78, 5) is 18.7. The van der Waals surface area contributed by atoms with Crippen molar-refractivity contribution < 1.29 is 4.79 Å². The van der Waals surface area contributed by atoms with Crippen LogP contribution in [0.5, 0.6) is 0 Å². The van der Waals surface area contributed by atoms with Crippen LogP contribution in [0.3, 0.4) is 0 Å². The highest BCUT2D eigenvalue weighted by atomic mass is 16.1. The number of H-pyrrole nitrogens is 1. The van der Waals surface area contributed by atoms with Crippen LogP contribution in [0, 0.1) is 5.41 Å². The van der Waals surface area contributed by atoms with Gasteiger partial charge in [0, 0.05) is 28.1 Å². The van der Waals surface area contributed by atoms with E-state index in [2.05, 4.69) is 23.9 Å². The van der Waals surface area contributed by atoms with Gasteiger partial charge >= 0.3 is 0 Å². The molecule has 0 bridgehead atoms. The van der Waals surface area contributed by atoms with E-state index in [9.17, 15) is 4.79 Å². The molecule has 2 aromatic rings. The van der Waals surface area contributed by atoms with Gasteiger partial charge < -0.3 is 9.88 Å². The van der Waals surface area contributed by atoms with Gasteiger partial charge in [-0.25, -0.2) is 0 Å². The van der Waals surface area contributed by atoms with Crippen LogP contribution >= 0.6 is 0 Å². The Morgan fingerprint density at radius 3 is 2.76 bits per heavy atom. The average molecular weight is 284 g/mol. The first-order valence-electron chi connectivity index (χ1n) is 7.95. The van der Waals surface area contributed by atoms with Crippen LogP contribution in [0.2, 0.25) is 0 Å². The number of carbonyl (C=O) groups is 1. The van der Waals surface area contributed by atoms with E-state index < -0.39 is 0 Å². The van der Waals surface area contributed by atoms with Gasteiger partial charge in [0.15, 0.2) is 5.78 Å². The first kappa shape index (κ1) is 14.3. The molecule has 1 fully saturated rings. The van der Waals surface area contributed by atoms with Crippen LogP contribution in [-0.4, -0.2) is 35.8 Å². The number of benzene rings is 1. The lowest BCUT2D eigenvalue weighted by molar-refractivity contribution is 0.0601. The molecule has 1 aromatic carbocycles. The molecule has 2 heterocycles. The number of carbonyl (C=O) groups excluding carboxylic acids is 1. The van der Waals surface area contributed by atoms with Crippen LogP contribution in [-0.2, 0) is 0 Å². The van der Waals surface area contributed by atoms with Gasteiger partial charge in [-0.2, -0.15) is 0 Å². The molecule has 0 saturated carbocycles. The Morgan fingerprint density at radius 1 is 1.29 bits per heavy atom. The van der Waals surface area contributed by atoms with Crippen LogP contribution in [0.1, 0.15) is 43.0 Å². The van der Waals surface area contributed by atoms with E-state index >= 15 is 0 Å². The van der Waals surface area contributed by atoms with Gasteiger partial charge in [-0.1, -0.05) is 13.3 Å². The van der Waals surface area contributed by atoms with Gasteiger partial charge in [-0.15, -0.1) is 0 Å². The zero-order valence-electron chi connectivity index (χ0n) is 13.0. The van der Waals surface area contributed by atoms with Crippen molar-refractivity contribution in [3.63, 3.8) is 0 Å². The van der Waals surface area contributed by atoms with Crippen molar-refractivity contribution in [3.8, 4) is 0 Å². The normalized spacial score (nSPS) is 19.0. The molecular weight excluding hydrogens is 260 g/mol. The maximum absolute atomic E-state index is 13.2. The van der Waals surface area contributed by atoms with Crippen molar-refractivity contribution in [3.05, 3.63) is 36.0 Å². The summed E-state index contributed by atoms with van der Waals surface area (Å²) >= 11 is 0. The third-order valence-corrected chi connectivity index (χ3v) is 4.97. The molecular formula is C18H24N2O. The smallest absolute Gasteiger partial charge is 0.169 e. The molecule has 1 aromatic heterocycles. The van der Waals surface area contributed by atoms with E-state index in [0.717, 1.165) is 55.2 Å². The maximum Gasteiger partial charge on any atom is 0.169 e. The second-order valence-electron chi connectivity index (χ2n) is 6.44. The number of hydrogen-bond donors (Lipinski definition) is 1. The van der Waals surface area contributed by atoms with E-state index in [1.165, 1.54) is 0 Å². The van der Waals surface area contributed by atoms with Gasteiger partial charge in [0.05, 0.1) is 0 Å². The lowest BCUT2D eigenvalue weighted by Gasteiger charge is -2.39. The molecule has 0 aliphatic carbocycles. The number of piperidine rings is 1. The first-order valence-corrected chi connectivity index (χ1v) is 7.95. The highest BCUT2D eigenvalue weighted by Gasteiger charge is 2.40. The van der Waals surface area contributed by atoms with Crippen molar-refractivity contribution in [2.45, 2.75) is 32.6 Å². The molecule has 3 rings (SSSR count). The molecule has 21 heavy (non-hydrogen) atoms. The summed E-state index contributed by atoms with van der Waals surface area (Å²) in [6.07, 6.45) is 5.98. The second kappa shape index (κ2) is 5.64. The van der Waals surface area contributed by atoms with Crippen LogP contribution in [0.15, 0.2) is 30.5 Å². The van der Waals surface area contributed by atoms with Gasteiger partial charge in [0.1, 0.15) is 0 Å². The summed E-state index contributed by atoms with van der Waals surface area (Å²) in [5.41, 5.74) is 1.82. The van der Waals surface area contributed by atoms with Crippen molar-refractivity contribution in [1.82, 2.24) is 9.88 Å². The van der Waals surface area contributed by atoms with Gasteiger partial charge in [0.25, 0.3) is 0 Å². The molecule has 0 unspecified atom stereocenters. The number of nitrogens with zero attached hydrogens (tertiary/aromatic N) is 1. The number of hydrogen-bond acceptors (Lipinski definition) is 2. The van der Waals surface area contributed by atoms with Gasteiger partial charge in [-0.05, 0) is 63.7 Å². The summed E-state index contributed by atoms with van der Waals surface area (Å²) in [6, 6.07) is 8.09. The number of Topliss-reactive ketones (excluding diaryl/α,β-unsaturated/α-hetero) is 1. The van der Waals surface area contributed by atoms with Crippen molar-refractivity contribution >= 4 is 16.7 Å². The maximum atomic E-state index is 13.2. The zero-order valence-corrected chi connectivity index (χ0v) is 13.0. The third-order valence-electron chi connectivity index (χ3n) is 4.97. The van der Waals surface area contributed by atoms with E-state index in [1.54, 1.807) is 0 Å². The molecule has 112 valence electrons. The number of likely N-dealkylation sites (tertiary alicyclic amines) is 1. The molecule has 0 amide bonds. The summed E-state index contributed by atoms with van der Waals surface area (Å²) in [5, 5.41) is 1.13. The lowest BCUT2D eigenvalue weighted by atomic mass is 9.70. The van der Waals surface area contributed by atoms with Crippen molar-refractivity contribution in [1.29, 1.82) is 0 Å². The quantitative estimate of drug-likeness (QED) is 0.865. The molecule has 1 N–H and O–H groups in total. The monoisotopic (exact) mass is 284 g/mol. The Labute approximate surface area is 126 Å². The standard InChI is InChI=1S/C18H24N2O/c1-3-7-18(8-11-20(2)12-9-18)17(21)15-4-5-16-14(13-15)6-10-19-16/h4-6,10,13,19H,3,7-9,11-12H2,1-2H3. The van der Waals surface area contributed by atoms with Crippen molar-refractivity contribution in [2.75, 3.05) is 20.1 Å². The summed E-state index contributed by atoms with van der Waals surface area (Å²) in [6.45, 7) is 4.24. The Balaban J connectivity index is 1.92. The highest BCUT2D eigenvalue weighted by Crippen LogP contribution is 2.39. The predicted molar refractivity (Wildman–Crippen MR) is 86.7 cm³/mol. The fraction of sp³-hybridized carbons (Fsp3) is 0.500. The predicted octanol–water partition coefficient (Wildman–Crippen LogP) is 3.86. The molecule has 1 aliphatic heterocycles. The lowest BCUT2D eigenvalue weighted by Crippen LogP contribution is -2.43. The number of nitrogens with one attached hydrogen (secondary N) is 1. The summed E-state index contributed by atoms with van der Waals surface area (Å²) in [5.74, 6) is 0.348. The Morgan fingerprint density at radius 2 is 2.05 bits per heavy atom. The van der Waals surface area contributed by atoms with Gasteiger partial charge in [-0.3, -0.25) is 4.79 Å². The largest absolute Gasteiger partial charge is 0.361 e. The van der Waals surface area contributed by atoms with E-state index in [4.69, 9.17) is 0 Å². The number of ketones is 1. The number of rotatable bonds is 4. The topological polar surface area (TPSA) is 36.1 Å². The second-order valence-corrected chi connectivity index (χ2v) is 6.44. The minimum Gasteiger partial charge on any atom is -0.361 e. The molecule has 3 heteroatoms. The first-order chi connectivity index (χ1) is 10.1. The van der Waals surface area contributed by atoms with E-state index in [0.29, 0.717) is 5.78 Å². The fourth-order valence-corrected chi connectivity index (χ4v) is 3.62. The molecule has 1 saturated heterocycles. The SMILES string of the molecule is CCCC1(C(=O)c2ccc3[nH]ccc3c2)CCN(C)CC1. The molecule has 1 aliphatic rings. The highest BCUT2D eigenvalue weighted by molar-refractivity contribution is 6.03. The zero-order chi connectivity index (χ0) is 14.9. The number of aromatic nitrogens is 1. The fourth-order valence-electron chi connectivity index (χ4n) is 3.62. The van der Waals surface area contributed by atoms with E-state index in [-0.39, 0.29) is 5.41 Å². The Bertz CT molecular complexity index is 635. The summed E-state index contributed by atoms with van der Waals surface area (Å²) < 4.78 is 0. The Kier molecular flexibility index (Phi) is 3.85. The minimum absolute atomic E-state index is 0.148. The molecule has 0 spiro atoms. The summed E-state index contributed by atoms with van der Waals surface area (Å²) in [7, 11) is 2.15. The Hall–Kier alpha value is -1.61. The van der Waals surface area contributed by atoms with Gasteiger partial charge in [0.2, 0.25) is 0 Å². The average Bonchev–Trinajstić information content (AvgIpc) is 2.97. The van der Waals surface area contributed by atoms with Crippen LogP contribution in [0.4, 0.5) is 0 Å². The number of fused-ring (bicyclic) bond motifs is 1. The minimum atomic E-state index is -0.148. The van der Waals surface area contributed by atoms with Crippen LogP contribution in [0.25, 0.3) is 10.9 Å². The number of aromatic amines is 1. The molecule has 0 atom stereocenters. The third kappa shape index (κ3) is 2.62. The molecule has 0 radical (unpaired) electrons. The van der Waals surface area contributed by atoms with E-state index in [1.807, 2.05) is 30.5 Å². The van der Waals surface area contributed by atoms with Crippen LogP contribution < -0.4 is 0 Å². The molecule has 3 nitrogen and oxygen atoms in total.